The number of esters is 1. The Balaban J connectivity index is 2.62. The average molecular weight is 499 g/mol. The van der Waals surface area contributed by atoms with Gasteiger partial charge in [-0.25, -0.2) is 9.78 Å². The number of benzene rings is 1. The molecule has 0 amide bonds. The van der Waals surface area contributed by atoms with E-state index in [1.807, 2.05) is 0 Å². The summed E-state index contributed by atoms with van der Waals surface area (Å²) < 4.78 is 51.4. The predicted octanol–water partition coefficient (Wildman–Crippen LogP) is 4.68. The van der Waals surface area contributed by atoms with Crippen LogP contribution in [-0.2, 0) is 15.8 Å². The zero-order valence-corrected chi connectivity index (χ0v) is 20.0. The molecule has 11 heteroatoms. The minimum Gasteiger partial charge on any atom is -0.493 e. The van der Waals surface area contributed by atoms with Gasteiger partial charge < -0.3 is 19.5 Å². The van der Waals surface area contributed by atoms with Gasteiger partial charge in [-0.2, -0.15) is 13.2 Å². The zero-order chi connectivity index (χ0) is 25.8. The molecule has 0 bridgehead atoms. The van der Waals surface area contributed by atoms with Gasteiger partial charge in [0.1, 0.15) is 16.7 Å². The molecular formula is C23H25F3N2O5S. The van der Waals surface area contributed by atoms with Gasteiger partial charge in [0.05, 0.1) is 12.7 Å². The molecule has 1 aromatic carbocycles. The molecule has 34 heavy (non-hydrogen) atoms. The highest BCUT2D eigenvalue weighted by molar-refractivity contribution is 7.80. The van der Waals surface area contributed by atoms with Gasteiger partial charge in [-0.05, 0) is 25.5 Å². The van der Waals surface area contributed by atoms with Gasteiger partial charge in [0.15, 0.2) is 5.75 Å². The Morgan fingerprint density at radius 1 is 1.15 bits per heavy atom. The fraction of sp³-hybridized carbons (Fsp3) is 0.391. The number of hydrogen-bond donors (Lipinski definition) is 1. The summed E-state index contributed by atoms with van der Waals surface area (Å²) in [4.78, 5) is 28.9. The summed E-state index contributed by atoms with van der Waals surface area (Å²) in [6, 6.07) is 4.48. The van der Waals surface area contributed by atoms with Crippen molar-refractivity contribution in [2.45, 2.75) is 51.9 Å². The molecule has 0 aliphatic carbocycles. The van der Waals surface area contributed by atoms with Crippen molar-refractivity contribution in [3.8, 4) is 11.5 Å². The van der Waals surface area contributed by atoms with E-state index in [9.17, 15) is 27.9 Å². The van der Waals surface area contributed by atoms with Gasteiger partial charge in [0.2, 0.25) is 5.75 Å². The Morgan fingerprint density at radius 2 is 1.76 bits per heavy atom. The fourth-order valence-corrected chi connectivity index (χ4v) is 4.06. The van der Waals surface area contributed by atoms with Crippen molar-refractivity contribution in [2.75, 3.05) is 7.11 Å². The van der Waals surface area contributed by atoms with Gasteiger partial charge in [0.25, 0.3) is 0 Å². The number of halogens is 3. The number of carbonyl (C=O) groups is 2. The molecule has 0 saturated carbocycles. The maximum absolute atomic E-state index is 13.6. The third-order valence-electron chi connectivity index (χ3n) is 5.46. The van der Waals surface area contributed by atoms with E-state index in [1.165, 1.54) is 49.4 Å². The number of hydrogen-bond acceptors (Lipinski definition) is 6. The smallest absolute Gasteiger partial charge is 0.416 e. The highest BCUT2D eigenvalue weighted by atomic mass is 32.1. The number of alkyl halides is 3. The zero-order valence-electron chi connectivity index (χ0n) is 19.2. The third kappa shape index (κ3) is 5.82. The molecule has 0 radical (unpaired) electrons. The summed E-state index contributed by atoms with van der Waals surface area (Å²) in [5.41, 5.74) is -0.865. The van der Waals surface area contributed by atoms with E-state index >= 15 is 0 Å². The molecule has 184 valence electrons. The molecule has 0 saturated heterocycles. The van der Waals surface area contributed by atoms with Gasteiger partial charge >= 0.3 is 18.1 Å². The van der Waals surface area contributed by atoms with Gasteiger partial charge in [-0.1, -0.05) is 37.3 Å². The second-order valence-corrected chi connectivity index (χ2v) is 8.01. The maximum Gasteiger partial charge on any atom is 0.416 e. The Bertz CT molecular complexity index is 1080. The molecule has 1 heterocycles. The molecule has 0 unspecified atom stereocenters. The van der Waals surface area contributed by atoms with Crippen molar-refractivity contribution in [1.29, 1.82) is 0 Å². The highest BCUT2D eigenvalue weighted by Crippen LogP contribution is 2.38. The van der Waals surface area contributed by atoms with Crippen molar-refractivity contribution in [3.05, 3.63) is 53.3 Å². The first-order valence-electron chi connectivity index (χ1n) is 10.2. The lowest BCUT2D eigenvalue weighted by atomic mass is 9.88. The summed E-state index contributed by atoms with van der Waals surface area (Å²) in [6.45, 7) is 5.66. The topological polar surface area (TPSA) is 89.0 Å². The molecule has 0 aliphatic heterocycles. The van der Waals surface area contributed by atoms with E-state index < -0.39 is 41.7 Å². The van der Waals surface area contributed by atoms with Crippen LogP contribution < -0.4 is 9.47 Å². The van der Waals surface area contributed by atoms with E-state index in [1.54, 1.807) is 13.8 Å². The van der Waals surface area contributed by atoms with Crippen LogP contribution in [0.5, 0.6) is 11.5 Å². The van der Waals surface area contributed by atoms with E-state index in [4.69, 9.17) is 21.7 Å². The first-order valence-corrected chi connectivity index (χ1v) is 10.6. The summed E-state index contributed by atoms with van der Waals surface area (Å²) in [5, 5.41) is 9.74. The quantitative estimate of drug-likeness (QED) is 0.415. The first kappa shape index (κ1) is 27.0. The van der Waals surface area contributed by atoms with E-state index in [0.29, 0.717) is 0 Å². The molecule has 0 spiro atoms. The summed E-state index contributed by atoms with van der Waals surface area (Å²) >= 11 is 5.57. The molecule has 1 aromatic heterocycles. The number of pyridine rings is 1. The summed E-state index contributed by atoms with van der Waals surface area (Å²) in [6.07, 6.45) is -3.25. The van der Waals surface area contributed by atoms with E-state index in [2.05, 4.69) is 4.98 Å². The Kier molecular flexibility index (Phi) is 8.60. The van der Waals surface area contributed by atoms with Crippen molar-refractivity contribution in [3.63, 3.8) is 0 Å². The van der Waals surface area contributed by atoms with E-state index in [-0.39, 0.29) is 27.7 Å². The van der Waals surface area contributed by atoms with Crippen LogP contribution in [-0.4, -0.2) is 51.1 Å². The fourth-order valence-electron chi connectivity index (χ4n) is 3.59. The van der Waals surface area contributed by atoms with Crippen molar-refractivity contribution in [2.24, 2.45) is 0 Å². The SMILES string of the molecule is COc1ccnc(C(=S)N([C@@H](C)C(=O)O)[C@@H](C)[C@@H](C)c2ccccc2C(F)(F)F)c1OC(C)=O. The van der Waals surface area contributed by atoms with Crippen LogP contribution in [0, 0.1) is 0 Å². The second kappa shape index (κ2) is 10.8. The first-order chi connectivity index (χ1) is 15.8. The Labute approximate surface area is 200 Å². The second-order valence-electron chi connectivity index (χ2n) is 7.63. The van der Waals surface area contributed by atoms with Crippen molar-refractivity contribution in [1.82, 2.24) is 9.88 Å². The van der Waals surface area contributed by atoms with Gasteiger partial charge in [-0.3, -0.25) is 4.79 Å². The standard InChI is InChI=1S/C23H25F3N2O5S/c1-12(16-8-6-7-9-17(16)23(24,25)26)13(2)28(14(3)22(30)31)21(34)19-20(33-15(4)29)18(32-5)10-11-27-19/h6-14H,1-5H3,(H,30,31)/t12-,13+,14+/m1/s1. The number of thiocarbonyl (C=S) groups is 1. The number of rotatable bonds is 8. The minimum atomic E-state index is -4.59. The van der Waals surface area contributed by atoms with Crippen LogP contribution in [0.15, 0.2) is 36.5 Å². The number of nitrogens with zero attached hydrogens (tertiary/aromatic N) is 2. The average Bonchev–Trinajstić information content (AvgIpc) is 2.77. The van der Waals surface area contributed by atoms with Crippen LogP contribution >= 0.6 is 12.2 Å². The molecular weight excluding hydrogens is 473 g/mol. The molecule has 0 fully saturated rings. The molecule has 7 nitrogen and oxygen atoms in total. The van der Waals surface area contributed by atoms with Crippen molar-refractivity contribution < 1.29 is 37.3 Å². The lowest BCUT2D eigenvalue weighted by Gasteiger charge is -2.38. The molecule has 1 N–H and O–H groups in total. The Hall–Kier alpha value is -3.21. The molecule has 3 atom stereocenters. The highest BCUT2D eigenvalue weighted by Gasteiger charge is 2.38. The number of ether oxygens (including phenoxy) is 2. The summed E-state index contributed by atoms with van der Waals surface area (Å²) in [5.74, 6) is -2.70. The number of carboxylic acid groups (broad SMARTS) is 1. The molecule has 2 rings (SSSR count). The van der Waals surface area contributed by atoms with Crippen LogP contribution in [0.4, 0.5) is 13.2 Å². The summed E-state index contributed by atoms with van der Waals surface area (Å²) in [7, 11) is 1.34. The lowest BCUT2D eigenvalue weighted by Crippen LogP contribution is -2.50. The monoisotopic (exact) mass is 498 g/mol. The number of carboxylic acids is 1. The van der Waals surface area contributed by atoms with Crippen LogP contribution in [0.3, 0.4) is 0 Å². The number of aromatic nitrogens is 1. The van der Waals surface area contributed by atoms with Crippen LogP contribution in [0.1, 0.15) is 50.4 Å². The lowest BCUT2D eigenvalue weighted by molar-refractivity contribution is -0.142. The predicted molar refractivity (Wildman–Crippen MR) is 122 cm³/mol. The van der Waals surface area contributed by atoms with Gasteiger partial charge in [-0.15, -0.1) is 0 Å². The normalized spacial score (nSPS) is 14.0. The van der Waals surface area contributed by atoms with E-state index in [0.717, 1.165) is 13.0 Å². The van der Waals surface area contributed by atoms with Crippen molar-refractivity contribution >= 4 is 29.1 Å². The van der Waals surface area contributed by atoms with Crippen LogP contribution in [0.2, 0.25) is 0 Å². The molecule has 2 aromatic rings. The number of methoxy groups -OCH3 is 1. The minimum absolute atomic E-state index is 0.00769. The maximum atomic E-state index is 13.6. The largest absolute Gasteiger partial charge is 0.493 e. The van der Waals surface area contributed by atoms with Gasteiger partial charge in [0, 0.05) is 31.1 Å². The van der Waals surface area contributed by atoms with Crippen LogP contribution in [0.25, 0.3) is 0 Å². The number of aliphatic carboxylic acids is 1. The Morgan fingerprint density at radius 3 is 2.29 bits per heavy atom. The number of carbonyl (C=O) groups excluding carboxylic acids is 1. The molecule has 0 aliphatic rings. The third-order valence-corrected chi connectivity index (χ3v) is 5.87.